The molecule has 6 heteroatoms. The number of hydrogen-bond donors (Lipinski definition) is 0. The van der Waals surface area contributed by atoms with Crippen molar-refractivity contribution in [3.8, 4) is 0 Å². The highest BCUT2D eigenvalue weighted by molar-refractivity contribution is 14.1. The number of benzene rings is 3. The molecule has 2 heterocycles. The van der Waals surface area contributed by atoms with E-state index in [0.29, 0.717) is 0 Å². The highest BCUT2D eigenvalue weighted by Gasteiger charge is 2.18. The average Bonchev–Trinajstić information content (AvgIpc) is 2.99. The van der Waals surface area contributed by atoms with Gasteiger partial charge in [0.2, 0.25) is 0 Å². The lowest BCUT2D eigenvalue weighted by atomic mass is 10.1. The van der Waals surface area contributed by atoms with E-state index < -0.39 is 0 Å². The molecule has 2 aliphatic rings. The first-order chi connectivity index (χ1) is 18.8. The first-order valence-electron chi connectivity index (χ1n) is 13.6. The molecular weight excluding hydrogens is 694 g/mol. The molecule has 38 heavy (non-hydrogen) atoms. The monoisotopic (exact) mass is 738 g/mol. The van der Waals surface area contributed by atoms with Gasteiger partial charge >= 0.3 is 0 Å². The zero-order valence-electron chi connectivity index (χ0n) is 23.1. The Morgan fingerprint density at radius 2 is 0.579 bits per heavy atom. The summed E-state index contributed by atoms with van der Waals surface area (Å²) < 4.78 is 0. The van der Waals surface area contributed by atoms with Crippen molar-refractivity contribution in [3.63, 3.8) is 0 Å². The smallest absolute Gasteiger partial charge is 0.0234 e. The van der Waals surface area contributed by atoms with Crippen LogP contribution in [0.5, 0.6) is 0 Å². The van der Waals surface area contributed by atoms with Crippen LogP contribution >= 0.6 is 45.2 Å². The maximum atomic E-state index is 2.60. The zero-order chi connectivity index (χ0) is 27.0. The Morgan fingerprint density at radius 1 is 0.368 bits per heavy atom. The fourth-order valence-corrected chi connectivity index (χ4v) is 5.16. The van der Waals surface area contributed by atoms with Crippen molar-refractivity contribution >= 4 is 45.2 Å². The van der Waals surface area contributed by atoms with Crippen LogP contribution in [0, 0.1) is 0 Å². The molecule has 3 aromatic carbocycles. The van der Waals surface area contributed by atoms with Gasteiger partial charge in [-0.3, -0.25) is 19.6 Å². The summed E-state index contributed by atoms with van der Waals surface area (Å²) in [6, 6.07) is 31.1. The maximum Gasteiger partial charge on any atom is 0.0234 e. The second kappa shape index (κ2) is 18.3. The lowest BCUT2D eigenvalue weighted by Gasteiger charge is -2.35. The molecule has 0 aliphatic carbocycles. The van der Waals surface area contributed by atoms with Gasteiger partial charge in [-0.05, 0) is 32.1 Å². The van der Waals surface area contributed by atoms with Gasteiger partial charge < -0.3 is 0 Å². The summed E-state index contributed by atoms with van der Waals surface area (Å²) >= 11 is 4.30. The van der Waals surface area contributed by atoms with Gasteiger partial charge in [0.1, 0.15) is 0 Å². The Labute approximate surface area is 258 Å². The topological polar surface area (TPSA) is 13.0 Å². The van der Waals surface area contributed by atoms with Crippen LogP contribution in [0.15, 0.2) is 84.9 Å². The van der Waals surface area contributed by atoms with Gasteiger partial charge in [0.05, 0.1) is 0 Å². The molecule has 2 saturated heterocycles. The molecular formula is C32H44I2N4. The summed E-state index contributed by atoms with van der Waals surface area (Å²) in [5.74, 6) is 0. The van der Waals surface area contributed by atoms with Crippen molar-refractivity contribution in [2.45, 2.75) is 26.2 Å². The van der Waals surface area contributed by atoms with E-state index in [1.54, 1.807) is 0 Å². The molecule has 0 bridgehead atoms. The van der Waals surface area contributed by atoms with Crippen molar-refractivity contribution in [1.29, 1.82) is 0 Å². The van der Waals surface area contributed by atoms with E-state index in [-0.39, 0.29) is 0 Å². The lowest BCUT2D eigenvalue weighted by Crippen LogP contribution is -2.45. The standard InChI is InChI=1S/C30H38N4.2CH3I/c1-3-7-27(8-4-1)23-31-15-19-33(20-16-31)25-29-11-13-30(14-12-29)26-34-21-17-32(18-22-34)24-28-9-5-2-6-10-28;2*1-2/h1-14H,15-26H2;2*1H3. The molecule has 3 aromatic rings. The van der Waals surface area contributed by atoms with Gasteiger partial charge in [0.25, 0.3) is 0 Å². The highest BCUT2D eigenvalue weighted by atomic mass is 127. The van der Waals surface area contributed by atoms with E-state index in [1.807, 2.05) is 9.86 Å². The number of nitrogens with zero attached hydrogens (tertiary/aromatic N) is 4. The Morgan fingerprint density at radius 3 is 0.816 bits per heavy atom. The van der Waals surface area contributed by atoms with Crippen LogP contribution in [0.25, 0.3) is 0 Å². The number of halogens is 2. The van der Waals surface area contributed by atoms with Crippen LogP contribution in [0.1, 0.15) is 22.3 Å². The second-order valence-electron chi connectivity index (χ2n) is 9.89. The SMILES string of the molecule is CI.CI.c1ccc(CN2CCN(Cc3ccc(CN4CCN(Cc5ccccc5)CC4)cc3)CC2)cc1. The van der Waals surface area contributed by atoms with Crippen LogP contribution in [0.2, 0.25) is 0 Å². The van der Waals surface area contributed by atoms with Crippen molar-refractivity contribution < 1.29 is 0 Å². The van der Waals surface area contributed by atoms with Crippen molar-refractivity contribution in [1.82, 2.24) is 19.6 Å². The Kier molecular flexibility index (Phi) is 15.2. The minimum Gasteiger partial charge on any atom is -0.297 e. The summed E-state index contributed by atoms with van der Waals surface area (Å²) in [4.78, 5) is 14.3. The predicted molar refractivity (Wildman–Crippen MR) is 180 cm³/mol. The molecule has 0 atom stereocenters. The van der Waals surface area contributed by atoms with Crippen LogP contribution in [-0.2, 0) is 26.2 Å². The zero-order valence-corrected chi connectivity index (χ0v) is 27.4. The van der Waals surface area contributed by atoms with Gasteiger partial charge in [-0.2, -0.15) is 0 Å². The van der Waals surface area contributed by atoms with E-state index in [0.717, 1.165) is 78.5 Å². The van der Waals surface area contributed by atoms with E-state index in [9.17, 15) is 0 Å². The maximum absolute atomic E-state index is 2.60. The predicted octanol–water partition coefficient (Wildman–Crippen LogP) is 6.42. The quantitative estimate of drug-likeness (QED) is 0.196. The van der Waals surface area contributed by atoms with Gasteiger partial charge in [-0.1, -0.05) is 130 Å². The van der Waals surface area contributed by atoms with Gasteiger partial charge in [-0.15, -0.1) is 0 Å². The first kappa shape index (κ1) is 31.5. The molecule has 0 aromatic heterocycles. The second-order valence-corrected chi connectivity index (χ2v) is 9.89. The summed E-state index contributed by atoms with van der Waals surface area (Å²) in [7, 11) is 0. The van der Waals surface area contributed by atoms with E-state index >= 15 is 0 Å². The molecule has 2 aliphatic heterocycles. The number of hydrogen-bond acceptors (Lipinski definition) is 4. The van der Waals surface area contributed by atoms with Gasteiger partial charge in [0, 0.05) is 78.5 Å². The van der Waals surface area contributed by atoms with Gasteiger partial charge in [0.15, 0.2) is 0 Å². The summed E-state index contributed by atoms with van der Waals surface area (Å²) in [5, 5.41) is 0. The molecule has 4 nitrogen and oxygen atoms in total. The highest BCUT2D eigenvalue weighted by Crippen LogP contribution is 2.15. The van der Waals surface area contributed by atoms with E-state index in [2.05, 4.69) is 150 Å². The third kappa shape index (κ3) is 10.8. The third-order valence-electron chi connectivity index (χ3n) is 7.26. The van der Waals surface area contributed by atoms with Crippen LogP contribution in [0.3, 0.4) is 0 Å². The van der Waals surface area contributed by atoms with Crippen molar-refractivity contribution in [2.24, 2.45) is 0 Å². The summed E-state index contributed by atoms with van der Waals surface area (Å²) in [6.07, 6.45) is 0. The average molecular weight is 739 g/mol. The van der Waals surface area contributed by atoms with Crippen LogP contribution in [0.4, 0.5) is 0 Å². The molecule has 0 amide bonds. The summed E-state index contributed by atoms with van der Waals surface area (Å²) in [6.45, 7) is 13.5. The van der Waals surface area contributed by atoms with Crippen LogP contribution in [-0.4, -0.2) is 81.8 Å². The summed E-state index contributed by atoms with van der Waals surface area (Å²) in [5.41, 5.74) is 5.72. The normalized spacial score (nSPS) is 17.2. The fraction of sp³-hybridized carbons (Fsp3) is 0.438. The Bertz CT molecular complexity index is 902. The Balaban J connectivity index is 0.000000956. The number of piperazine rings is 2. The largest absolute Gasteiger partial charge is 0.297 e. The van der Waals surface area contributed by atoms with Crippen molar-refractivity contribution in [3.05, 3.63) is 107 Å². The van der Waals surface area contributed by atoms with E-state index in [1.165, 1.54) is 22.3 Å². The fourth-order valence-electron chi connectivity index (χ4n) is 5.16. The first-order valence-corrected chi connectivity index (χ1v) is 17.9. The molecule has 206 valence electrons. The molecule has 0 unspecified atom stereocenters. The lowest BCUT2D eigenvalue weighted by molar-refractivity contribution is 0.121. The van der Waals surface area contributed by atoms with Gasteiger partial charge in [-0.25, -0.2) is 0 Å². The Hall–Kier alpha value is -1.04. The molecule has 2 fully saturated rings. The molecule has 5 rings (SSSR count). The number of alkyl halides is 2. The molecule has 0 spiro atoms. The van der Waals surface area contributed by atoms with E-state index in [4.69, 9.17) is 0 Å². The molecule has 0 radical (unpaired) electrons. The van der Waals surface area contributed by atoms with Crippen LogP contribution < -0.4 is 0 Å². The third-order valence-corrected chi connectivity index (χ3v) is 7.26. The van der Waals surface area contributed by atoms with Crippen molar-refractivity contribution in [2.75, 3.05) is 62.2 Å². The molecule has 0 N–H and O–H groups in total. The molecule has 0 saturated carbocycles. The number of rotatable bonds is 8. The minimum absolute atomic E-state index is 1.07. The minimum atomic E-state index is 1.07.